The van der Waals surface area contributed by atoms with Crippen molar-refractivity contribution in [2.45, 2.75) is 63.5 Å². The van der Waals surface area contributed by atoms with Gasteiger partial charge in [0, 0.05) is 6.42 Å². The molecule has 0 aliphatic rings. The highest BCUT2D eigenvalue weighted by atomic mass is 32.2. The first kappa shape index (κ1) is 15.8. The zero-order valence-electron chi connectivity index (χ0n) is 9.71. The topological polar surface area (TPSA) is 60.2 Å². The molecule has 0 aromatic carbocycles. The summed E-state index contributed by atoms with van der Waals surface area (Å²) >= 11 is 0. The van der Waals surface area contributed by atoms with Gasteiger partial charge < -0.3 is 0 Å². The summed E-state index contributed by atoms with van der Waals surface area (Å²) in [7, 11) is -4.74. The van der Waals surface area contributed by atoms with E-state index in [1.165, 1.54) is 0 Å². The van der Waals surface area contributed by atoms with Crippen molar-refractivity contribution >= 4 is 10.0 Å². The Morgan fingerprint density at radius 3 is 1.88 bits per heavy atom. The molecule has 0 aliphatic carbocycles. The van der Waals surface area contributed by atoms with Crippen molar-refractivity contribution < 1.29 is 17.2 Å². The molecule has 2 N–H and O–H groups in total. The van der Waals surface area contributed by atoms with Crippen LogP contribution in [0, 0.1) is 0 Å². The second kappa shape index (κ2) is 7.17. The number of halogens is 2. The molecule has 0 aromatic rings. The maximum atomic E-state index is 12.8. The molecule has 6 heteroatoms. The Bertz CT molecular complexity index is 279. The van der Waals surface area contributed by atoms with E-state index in [9.17, 15) is 17.2 Å². The summed E-state index contributed by atoms with van der Waals surface area (Å²) in [6, 6.07) is 0. The highest BCUT2D eigenvalue weighted by Gasteiger charge is 2.41. The number of sulfonamides is 1. The highest BCUT2D eigenvalue weighted by Crippen LogP contribution is 2.26. The number of primary sulfonamides is 1. The van der Waals surface area contributed by atoms with E-state index >= 15 is 0 Å². The van der Waals surface area contributed by atoms with E-state index in [0.29, 0.717) is 6.42 Å². The molecule has 0 atom stereocenters. The molecule has 3 nitrogen and oxygen atoms in total. The molecule has 0 aliphatic heterocycles. The van der Waals surface area contributed by atoms with Gasteiger partial charge >= 0.3 is 5.25 Å². The summed E-state index contributed by atoms with van der Waals surface area (Å²) in [5, 5.41) is 0.648. The van der Waals surface area contributed by atoms with E-state index in [1.54, 1.807) is 0 Å². The Hall–Kier alpha value is -0.230. The highest BCUT2D eigenvalue weighted by molar-refractivity contribution is 7.90. The van der Waals surface area contributed by atoms with Crippen LogP contribution in [0.15, 0.2) is 0 Å². The molecular formula is C10H21F2NO2S. The van der Waals surface area contributed by atoms with E-state index < -0.39 is 21.7 Å². The lowest BCUT2D eigenvalue weighted by Crippen LogP contribution is -2.34. The van der Waals surface area contributed by atoms with Crippen molar-refractivity contribution in [1.29, 1.82) is 0 Å². The van der Waals surface area contributed by atoms with E-state index in [0.717, 1.165) is 32.1 Å². The summed E-state index contributed by atoms with van der Waals surface area (Å²) in [5.41, 5.74) is 0. The van der Waals surface area contributed by atoms with Gasteiger partial charge in [-0.1, -0.05) is 45.4 Å². The molecule has 0 saturated carbocycles. The van der Waals surface area contributed by atoms with Crippen LogP contribution in [-0.4, -0.2) is 13.7 Å². The van der Waals surface area contributed by atoms with Crippen LogP contribution in [0.1, 0.15) is 58.3 Å². The Morgan fingerprint density at radius 1 is 1.00 bits per heavy atom. The summed E-state index contributed by atoms with van der Waals surface area (Å²) < 4.78 is 46.7. The number of nitrogens with two attached hydrogens (primary N) is 1. The smallest absolute Gasteiger partial charge is 0.223 e. The second-order valence-electron chi connectivity index (χ2n) is 4.05. The zero-order chi connectivity index (χ0) is 12.7. The number of rotatable bonds is 9. The Kier molecular flexibility index (Phi) is 7.06. The average molecular weight is 257 g/mol. The third-order valence-electron chi connectivity index (χ3n) is 2.49. The van der Waals surface area contributed by atoms with Crippen molar-refractivity contribution in [3.05, 3.63) is 0 Å². The normalized spacial score (nSPS) is 13.0. The summed E-state index contributed by atoms with van der Waals surface area (Å²) in [5.74, 6) is 0. The molecular weight excluding hydrogens is 236 g/mol. The van der Waals surface area contributed by atoms with Crippen LogP contribution in [0.5, 0.6) is 0 Å². The molecule has 0 bridgehead atoms. The molecule has 16 heavy (non-hydrogen) atoms. The predicted octanol–water partition coefficient (Wildman–Crippen LogP) is 3.01. The van der Waals surface area contributed by atoms with Crippen LogP contribution in [0.4, 0.5) is 8.78 Å². The van der Waals surface area contributed by atoms with Crippen LogP contribution < -0.4 is 5.14 Å². The van der Waals surface area contributed by atoms with E-state index in [-0.39, 0.29) is 6.42 Å². The minimum absolute atomic E-state index is 0.204. The van der Waals surface area contributed by atoms with Gasteiger partial charge in [-0.3, -0.25) is 0 Å². The number of hydrogen-bond acceptors (Lipinski definition) is 2. The van der Waals surface area contributed by atoms with Gasteiger partial charge in [0.15, 0.2) is 0 Å². The van der Waals surface area contributed by atoms with Gasteiger partial charge in [-0.05, 0) is 6.42 Å². The molecule has 0 heterocycles. The summed E-state index contributed by atoms with van der Waals surface area (Å²) in [6.07, 6.45) is 5.48. The van der Waals surface area contributed by atoms with Gasteiger partial charge in [0.2, 0.25) is 0 Å². The maximum Gasteiger partial charge on any atom is 0.359 e. The number of hydrogen-bond donors (Lipinski definition) is 1. The van der Waals surface area contributed by atoms with Gasteiger partial charge in [0.25, 0.3) is 10.0 Å². The first-order chi connectivity index (χ1) is 7.31. The van der Waals surface area contributed by atoms with Crippen LogP contribution in [-0.2, 0) is 10.0 Å². The fraction of sp³-hybridized carbons (Fsp3) is 1.00. The van der Waals surface area contributed by atoms with Crippen molar-refractivity contribution in [3.63, 3.8) is 0 Å². The third-order valence-corrected chi connectivity index (χ3v) is 3.52. The van der Waals surface area contributed by atoms with Gasteiger partial charge in [-0.15, -0.1) is 0 Å². The quantitative estimate of drug-likeness (QED) is 0.645. The standard InChI is InChI=1S/C10H21F2NO2S/c1-2-3-4-5-6-7-8-9-10(11,12)16(13,14)15/h2-9H2,1H3,(H2,13,14,15). The first-order valence-corrected chi connectivity index (χ1v) is 7.26. The Labute approximate surface area is 96.5 Å². The fourth-order valence-electron chi connectivity index (χ4n) is 1.43. The van der Waals surface area contributed by atoms with Crippen molar-refractivity contribution in [2.24, 2.45) is 5.14 Å². The lowest BCUT2D eigenvalue weighted by molar-refractivity contribution is 0.0788. The Morgan fingerprint density at radius 2 is 1.44 bits per heavy atom. The summed E-state index contributed by atoms with van der Waals surface area (Å²) in [6.45, 7) is 2.10. The molecule has 0 rings (SSSR count). The van der Waals surface area contributed by atoms with Crippen molar-refractivity contribution in [1.82, 2.24) is 0 Å². The predicted molar refractivity (Wildman–Crippen MR) is 60.7 cm³/mol. The summed E-state index contributed by atoms with van der Waals surface area (Å²) in [4.78, 5) is 0. The molecule has 0 unspecified atom stereocenters. The fourth-order valence-corrected chi connectivity index (χ4v) is 1.86. The van der Waals surface area contributed by atoms with E-state index in [4.69, 9.17) is 0 Å². The minimum Gasteiger partial charge on any atom is -0.223 e. The molecule has 0 fully saturated rings. The first-order valence-electron chi connectivity index (χ1n) is 5.71. The maximum absolute atomic E-state index is 12.8. The Balaban J connectivity index is 3.59. The largest absolute Gasteiger partial charge is 0.359 e. The van der Waals surface area contributed by atoms with Crippen molar-refractivity contribution in [2.75, 3.05) is 0 Å². The average Bonchev–Trinajstić information content (AvgIpc) is 2.14. The third kappa shape index (κ3) is 6.37. The van der Waals surface area contributed by atoms with Gasteiger partial charge in [-0.2, -0.15) is 8.78 Å². The monoisotopic (exact) mass is 257 g/mol. The van der Waals surface area contributed by atoms with Crippen LogP contribution in [0.3, 0.4) is 0 Å². The van der Waals surface area contributed by atoms with Crippen LogP contribution >= 0.6 is 0 Å². The zero-order valence-corrected chi connectivity index (χ0v) is 10.5. The second-order valence-corrected chi connectivity index (χ2v) is 5.74. The van der Waals surface area contributed by atoms with Crippen molar-refractivity contribution in [3.8, 4) is 0 Å². The minimum atomic E-state index is -4.74. The molecule has 98 valence electrons. The van der Waals surface area contributed by atoms with E-state index in [1.807, 2.05) is 0 Å². The SMILES string of the molecule is CCCCCCCCCC(F)(F)S(N)(=O)=O. The molecule has 0 amide bonds. The van der Waals surface area contributed by atoms with Gasteiger partial charge in [-0.25, -0.2) is 13.6 Å². The molecule has 0 radical (unpaired) electrons. The number of alkyl halides is 2. The molecule has 0 spiro atoms. The lowest BCUT2D eigenvalue weighted by atomic mass is 10.1. The molecule has 0 saturated heterocycles. The van der Waals surface area contributed by atoms with E-state index in [2.05, 4.69) is 12.1 Å². The van der Waals surface area contributed by atoms with Crippen LogP contribution in [0.25, 0.3) is 0 Å². The lowest BCUT2D eigenvalue weighted by Gasteiger charge is -2.12. The molecule has 0 aromatic heterocycles. The van der Waals surface area contributed by atoms with Crippen LogP contribution in [0.2, 0.25) is 0 Å². The number of unbranched alkanes of at least 4 members (excludes halogenated alkanes) is 6. The van der Waals surface area contributed by atoms with Gasteiger partial charge in [0.1, 0.15) is 0 Å². The van der Waals surface area contributed by atoms with Gasteiger partial charge in [0.05, 0.1) is 0 Å².